The lowest BCUT2D eigenvalue weighted by Gasteiger charge is -2.39. The molecule has 20 heavy (non-hydrogen) atoms. The first-order chi connectivity index (χ1) is 9.58. The van der Waals surface area contributed by atoms with Crippen LogP contribution in [0.4, 0.5) is 5.69 Å². The summed E-state index contributed by atoms with van der Waals surface area (Å²) in [6, 6.07) is 5.45. The van der Waals surface area contributed by atoms with Gasteiger partial charge in [0.1, 0.15) is 0 Å². The van der Waals surface area contributed by atoms with Crippen LogP contribution in [0.3, 0.4) is 0 Å². The zero-order valence-corrected chi connectivity index (χ0v) is 13.3. The maximum atomic E-state index is 12.6. The van der Waals surface area contributed by atoms with Crippen molar-refractivity contribution in [2.45, 2.75) is 38.5 Å². The number of carbonyl (C=O) groups is 1. The Morgan fingerprint density at radius 2 is 1.75 bits per heavy atom. The summed E-state index contributed by atoms with van der Waals surface area (Å²) >= 11 is 3.40. The largest absolute Gasteiger partial charge is 0.399 e. The second kappa shape index (κ2) is 5.40. The van der Waals surface area contributed by atoms with E-state index in [-0.39, 0.29) is 5.91 Å². The highest BCUT2D eigenvalue weighted by molar-refractivity contribution is 9.10. The van der Waals surface area contributed by atoms with Crippen LogP contribution in [0.2, 0.25) is 0 Å². The Labute approximate surface area is 128 Å². The highest BCUT2D eigenvalue weighted by Gasteiger charge is 2.38. The summed E-state index contributed by atoms with van der Waals surface area (Å²) in [6.07, 6.45) is 7.80. The summed E-state index contributed by atoms with van der Waals surface area (Å²) in [5.74, 6) is 0.117. The van der Waals surface area contributed by atoms with Gasteiger partial charge in [-0.25, -0.2) is 0 Å². The van der Waals surface area contributed by atoms with E-state index >= 15 is 0 Å². The third kappa shape index (κ3) is 2.71. The molecular formula is C16H21BrN2O. The minimum atomic E-state index is 0.117. The number of nitrogens with two attached hydrogens (primary N) is 1. The number of likely N-dealkylation sites (tertiary alicyclic amines) is 1. The molecule has 1 aliphatic carbocycles. The molecule has 1 saturated carbocycles. The van der Waals surface area contributed by atoms with E-state index in [4.69, 9.17) is 5.73 Å². The number of amides is 1. The fourth-order valence-electron chi connectivity index (χ4n) is 3.73. The van der Waals surface area contributed by atoms with Crippen LogP contribution in [0.5, 0.6) is 0 Å². The summed E-state index contributed by atoms with van der Waals surface area (Å²) in [7, 11) is 0. The van der Waals surface area contributed by atoms with E-state index in [9.17, 15) is 4.79 Å². The van der Waals surface area contributed by atoms with Gasteiger partial charge in [-0.15, -0.1) is 0 Å². The number of nitrogen functional groups attached to an aromatic ring is 1. The molecule has 2 aliphatic rings. The molecule has 0 atom stereocenters. The van der Waals surface area contributed by atoms with Crippen molar-refractivity contribution in [3.63, 3.8) is 0 Å². The van der Waals surface area contributed by atoms with Gasteiger partial charge in [0, 0.05) is 28.8 Å². The molecule has 0 bridgehead atoms. The van der Waals surface area contributed by atoms with Gasteiger partial charge >= 0.3 is 0 Å². The van der Waals surface area contributed by atoms with Gasteiger partial charge in [-0.3, -0.25) is 4.79 Å². The van der Waals surface area contributed by atoms with Crippen LogP contribution < -0.4 is 5.73 Å². The van der Waals surface area contributed by atoms with Gasteiger partial charge in [0.15, 0.2) is 0 Å². The van der Waals surface area contributed by atoms with Crippen molar-refractivity contribution in [3.05, 3.63) is 28.2 Å². The number of nitrogens with zero attached hydrogens (tertiary/aromatic N) is 1. The molecular weight excluding hydrogens is 316 g/mol. The van der Waals surface area contributed by atoms with E-state index in [1.54, 1.807) is 6.07 Å². The summed E-state index contributed by atoms with van der Waals surface area (Å²) in [5.41, 5.74) is 7.69. The van der Waals surface area contributed by atoms with Crippen molar-refractivity contribution in [2.24, 2.45) is 5.41 Å². The second-order valence-corrected chi connectivity index (χ2v) is 7.19. The van der Waals surface area contributed by atoms with E-state index in [1.165, 1.54) is 38.5 Å². The predicted octanol–water partition coefficient (Wildman–Crippen LogP) is 3.83. The van der Waals surface area contributed by atoms with Crippen LogP contribution in [-0.2, 0) is 0 Å². The van der Waals surface area contributed by atoms with Gasteiger partial charge in [-0.1, -0.05) is 28.8 Å². The van der Waals surface area contributed by atoms with Gasteiger partial charge in [0.2, 0.25) is 0 Å². The summed E-state index contributed by atoms with van der Waals surface area (Å²) in [6.45, 7) is 1.79. The highest BCUT2D eigenvalue weighted by Crippen LogP contribution is 2.46. The number of anilines is 1. The molecule has 1 spiro atoms. The highest BCUT2D eigenvalue weighted by atomic mass is 79.9. The quantitative estimate of drug-likeness (QED) is 0.792. The summed E-state index contributed by atoms with van der Waals surface area (Å²) in [5, 5.41) is 0. The van der Waals surface area contributed by atoms with Gasteiger partial charge < -0.3 is 10.6 Å². The third-order valence-electron chi connectivity index (χ3n) is 4.94. The normalized spacial score (nSPS) is 21.4. The lowest BCUT2D eigenvalue weighted by Crippen LogP contribution is -2.42. The predicted molar refractivity (Wildman–Crippen MR) is 84.6 cm³/mol. The van der Waals surface area contributed by atoms with Crippen LogP contribution in [0.25, 0.3) is 0 Å². The Morgan fingerprint density at radius 1 is 1.10 bits per heavy atom. The molecule has 2 fully saturated rings. The average Bonchev–Trinajstić information content (AvgIpc) is 2.86. The Balaban J connectivity index is 1.69. The van der Waals surface area contributed by atoms with Crippen molar-refractivity contribution in [2.75, 3.05) is 18.8 Å². The number of halogens is 1. The smallest absolute Gasteiger partial charge is 0.253 e. The van der Waals surface area contributed by atoms with Crippen molar-refractivity contribution < 1.29 is 4.79 Å². The maximum Gasteiger partial charge on any atom is 0.253 e. The van der Waals surface area contributed by atoms with E-state index in [2.05, 4.69) is 15.9 Å². The monoisotopic (exact) mass is 336 g/mol. The standard InChI is InChI=1S/C16H21BrN2O/c17-13-9-12(10-14(18)11-13)15(20)19-7-5-16(6-8-19)3-1-2-4-16/h9-11H,1-8,18H2. The Hall–Kier alpha value is -1.03. The van der Waals surface area contributed by atoms with Crippen molar-refractivity contribution in [3.8, 4) is 0 Å². The number of benzene rings is 1. The van der Waals surface area contributed by atoms with E-state index < -0.39 is 0 Å². The molecule has 1 aromatic carbocycles. The zero-order chi connectivity index (χ0) is 14.2. The first kappa shape index (κ1) is 13.9. The lowest BCUT2D eigenvalue weighted by molar-refractivity contribution is 0.0587. The van der Waals surface area contributed by atoms with Gasteiger partial charge in [-0.05, 0) is 49.3 Å². The first-order valence-corrected chi connectivity index (χ1v) is 8.23. The number of hydrogen-bond acceptors (Lipinski definition) is 2. The molecule has 4 heteroatoms. The molecule has 1 saturated heterocycles. The Bertz CT molecular complexity index is 493. The second-order valence-electron chi connectivity index (χ2n) is 6.27. The third-order valence-corrected chi connectivity index (χ3v) is 5.40. The maximum absolute atomic E-state index is 12.6. The number of carbonyl (C=O) groups excluding carboxylic acids is 1. The van der Waals surface area contributed by atoms with Crippen LogP contribution in [0, 0.1) is 5.41 Å². The van der Waals surface area contributed by atoms with Crippen LogP contribution in [-0.4, -0.2) is 23.9 Å². The summed E-state index contributed by atoms with van der Waals surface area (Å²) < 4.78 is 0.866. The number of rotatable bonds is 1. The Kier molecular flexibility index (Phi) is 3.76. The molecule has 3 rings (SSSR count). The molecule has 3 nitrogen and oxygen atoms in total. The SMILES string of the molecule is Nc1cc(Br)cc(C(=O)N2CCC3(CCCC3)CC2)c1. The topological polar surface area (TPSA) is 46.3 Å². The van der Waals surface area contributed by atoms with E-state index in [0.29, 0.717) is 16.7 Å². The van der Waals surface area contributed by atoms with Gasteiger partial charge in [0.25, 0.3) is 5.91 Å². The molecule has 1 heterocycles. The fourth-order valence-corrected chi connectivity index (χ4v) is 4.24. The number of hydrogen-bond donors (Lipinski definition) is 1. The van der Waals surface area contributed by atoms with Crippen molar-refractivity contribution in [1.29, 1.82) is 0 Å². The average molecular weight is 337 g/mol. The minimum absolute atomic E-state index is 0.117. The van der Waals surface area contributed by atoms with Gasteiger partial charge in [-0.2, -0.15) is 0 Å². The molecule has 108 valence electrons. The lowest BCUT2D eigenvalue weighted by atomic mass is 9.77. The van der Waals surface area contributed by atoms with Crippen LogP contribution in [0.15, 0.2) is 22.7 Å². The Morgan fingerprint density at radius 3 is 2.35 bits per heavy atom. The number of piperidine rings is 1. The van der Waals surface area contributed by atoms with Crippen molar-refractivity contribution >= 4 is 27.5 Å². The summed E-state index contributed by atoms with van der Waals surface area (Å²) in [4.78, 5) is 14.5. The molecule has 1 amide bonds. The van der Waals surface area contributed by atoms with Crippen LogP contribution >= 0.6 is 15.9 Å². The van der Waals surface area contributed by atoms with E-state index in [0.717, 1.165) is 17.6 Å². The molecule has 0 aromatic heterocycles. The molecule has 2 N–H and O–H groups in total. The fraction of sp³-hybridized carbons (Fsp3) is 0.562. The first-order valence-electron chi connectivity index (χ1n) is 7.43. The molecule has 0 unspecified atom stereocenters. The molecule has 1 aromatic rings. The molecule has 0 radical (unpaired) electrons. The van der Waals surface area contributed by atoms with Gasteiger partial charge in [0.05, 0.1) is 0 Å². The van der Waals surface area contributed by atoms with Crippen LogP contribution in [0.1, 0.15) is 48.9 Å². The molecule has 1 aliphatic heterocycles. The minimum Gasteiger partial charge on any atom is -0.399 e. The van der Waals surface area contributed by atoms with E-state index in [1.807, 2.05) is 17.0 Å². The van der Waals surface area contributed by atoms with Crippen molar-refractivity contribution in [1.82, 2.24) is 4.90 Å². The zero-order valence-electron chi connectivity index (χ0n) is 11.7.